The number of hydrogen-bond acceptors (Lipinski definition) is 3. The summed E-state index contributed by atoms with van der Waals surface area (Å²) in [5.74, 6) is 1.00. The molecule has 1 amide bonds. The van der Waals surface area contributed by atoms with Gasteiger partial charge >= 0.3 is 0 Å². The Bertz CT molecular complexity index is 492. The molecule has 0 saturated heterocycles. The maximum Gasteiger partial charge on any atom is 0.223 e. The van der Waals surface area contributed by atoms with E-state index in [9.17, 15) is 4.79 Å². The molecule has 0 radical (unpaired) electrons. The smallest absolute Gasteiger partial charge is 0.223 e. The number of carbonyl (C=O) groups excluding carboxylic acids is 1. The van der Waals surface area contributed by atoms with Gasteiger partial charge in [-0.15, -0.1) is 24.2 Å². The summed E-state index contributed by atoms with van der Waals surface area (Å²) in [5, 5.41) is 0. The van der Waals surface area contributed by atoms with Gasteiger partial charge in [-0.3, -0.25) is 4.79 Å². The van der Waals surface area contributed by atoms with Crippen molar-refractivity contribution >= 4 is 30.1 Å². The molecule has 0 aliphatic carbocycles. The van der Waals surface area contributed by atoms with Crippen LogP contribution in [0.4, 0.5) is 0 Å². The molecule has 0 spiro atoms. The van der Waals surface area contributed by atoms with E-state index in [2.05, 4.69) is 45.9 Å². The first kappa shape index (κ1) is 21.3. The van der Waals surface area contributed by atoms with E-state index in [0.29, 0.717) is 19.5 Å². The number of hydrogen-bond donors (Lipinski definition) is 1. The van der Waals surface area contributed by atoms with Crippen molar-refractivity contribution in [2.75, 3.05) is 25.9 Å². The minimum absolute atomic E-state index is 0. The van der Waals surface area contributed by atoms with Gasteiger partial charge in [-0.1, -0.05) is 19.9 Å². The van der Waals surface area contributed by atoms with Crippen LogP contribution in [0.1, 0.15) is 31.4 Å². The van der Waals surface area contributed by atoms with E-state index >= 15 is 0 Å². The van der Waals surface area contributed by atoms with Gasteiger partial charge in [-0.2, -0.15) is 0 Å². The van der Waals surface area contributed by atoms with Crippen LogP contribution in [0.25, 0.3) is 0 Å². The van der Waals surface area contributed by atoms with Gasteiger partial charge in [0.2, 0.25) is 5.91 Å². The Morgan fingerprint density at radius 2 is 1.91 bits per heavy atom. The summed E-state index contributed by atoms with van der Waals surface area (Å²) >= 11 is 1.74. The molecule has 1 rings (SSSR count). The Kier molecular flexibility index (Phi) is 9.13. The molecule has 126 valence electrons. The fourth-order valence-electron chi connectivity index (χ4n) is 2.05. The standard InChI is InChI=1S/C17H28N2OS.ClH/c1-13-6-7-15(10-14(13)2)21-9-8-16(20)19(5)12-17(3,4)11-18;/h6-7,10H,8-9,11-12,18H2,1-5H3;1H. The molecule has 0 unspecified atom stereocenters. The van der Waals surface area contributed by atoms with Crippen molar-refractivity contribution < 1.29 is 4.79 Å². The van der Waals surface area contributed by atoms with Gasteiger partial charge in [0, 0.05) is 30.7 Å². The largest absolute Gasteiger partial charge is 0.345 e. The molecule has 3 nitrogen and oxygen atoms in total. The van der Waals surface area contributed by atoms with Crippen molar-refractivity contribution in [1.82, 2.24) is 4.90 Å². The zero-order valence-corrected chi connectivity index (χ0v) is 15.9. The molecule has 0 fully saturated rings. The van der Waals surface area contributed by atoms with Crippen LogP contribution in [0.3, 0.4) is 0 Å². The molecule has 5 heteroatoms. The van der Waals surface area contributed by atoms with Crippen LogP contribution in [0.2, 0.25) is 0 Å². The molecular weight excluding hydrogens is 316 g/mol. The Morgan fingerprint density at radius 1 is 1.27 bits per heavy atom. The van der Waals surface area contributed by atoms with E-state index in [4.69, 9.17) is 5.73 Å². The lowest BCUT2D eigenvalue weighted by Gasteiger charge is -2.29. The van der Waals surface area contributed by atoms with Crippen molar-refractivity contribution in [3.05, 3.63) is 29.3 Å². The van der Waals surface area contributed by atoms with E-state index in [0.717, 1.165) is 5.75 Å². The first-order chi connectivity index (χ1) is 9.75. The summed E-state index contributed by atoms with van der Waals surface area (Å²) in [6, 6.07) is 6.44. The van der Waals surface area contributed by atoms with Gasteiger partial charge in [-0.05, 0) is 49.1 Å². The van der Waals surface area contributed by atoms with Gasteiger partial charge in [0.05, 0.1) is 0 Å². The molecular formula is C17H29ClN2OS. The highest BCUT2D eigenvalue weighted by Crippen LogP contribution is 2.22. The summed E-state index contributed by atoms with van der Waals surface area (Å²) in [6.45, 7) is 9.69. The third-order valence-electron chi connectivity index (χ3n) is 3.71. The summed E-state index contributed by atoms with van der Waals surface area (Å²) in [6.07, 6.45) is 0.564. The number of nitrogens with two attached hydrogens (primary N) is 1. The SMILES string of the molecule is Cc1ccc(SCCC(=O)N(C)CC(C)(C)CN)cc1C.Cl. The summed E-state index contributed by atoms with van der Waals surface area (Å²) in [5.41, 5.74) is 8.30. The van der Waals surface area contributed by atoms with Crippen molar-refractivity contribution in [3.63, 3.8) is 0 Å². The van der Waals surface area contributed by atoms with Crippen molar-refractivity contribution in [2.45, 2.75) is 39.0 Å². The molecule has 1 aromatic rings. The predicted molar refractivity (Wildman–Crippen MR) is 99.0 cm³/mol. The van der Waals surface area contributed by atoms with Crippen molar-refractivity contribution in [3.8, 4) is 0 Å². The minimum Gasteiger partial charge on any atom is -0.345 e. The van der Waals surface area contributed by atoms with Crippen LogP contribution in [-0.2, 0) is 4.79 Å². The number of halogens is 1. The third kappa shape index (κ3) is 7.03. The maximum absolute atomic E-state index is 12.1. The monoisotopic (exact) mass is 344 g/mol. The van der Waals surface area contributed by atoms with E-state index < -0.39 is 0 Å². The van der Waals surface area contributed by atoms with Crippen LogP contribution < -0.4 is 5.73 Å². The Labute approximate surface area is 145 Å². The lowest BCUT2D eigenvalue weighted by molar-refractivity contribution is -0.130. The average Bonchev–Trinajstić information content (AvgIpc) is 2.42. The second-order valence-electron chi connectivity index (χ2n) is 6.46. The maximum atomic E-state index is 12.1. The second kappa shape index (κ2) is 9.43. The molecule has 0 aromatic heterocycles. The zero-order valence-electron chi connectivity index (χ0n) is 14.3. The second-order valence-corrected chi connectivity index (χ2v) is 7.63. The highest BCUT2D eigenvalue weighted by molar-refractivity contribution is 7.99. The minimum atomic E-state index is -0.0222. The van der Waals surface area contributed by atoms with Crippen molar-refractivity contribution in [1.29, 1.82) is 0 Å². The predicted octanol–water partition coefficient (Wildman–Crippen LogP) is 3.65. The quantitative estimate of drug-likeness (QED) is 0.768. The summed E-state index contributed by atoms with van der Waals surface area (Å²) in [4.78, 5) is 15.2. The first-order valence-electron chi connectivity index (χ1n) is 7.39. The van der Waals surface area contributed by atoms with Gasteiger partial charge in [0.15, 0.2) is 0 Å². The average molecular weight is 345 g/mol. The topological polar surface area (TPSA) is 46.3 Å². The van der Waals surface area contributed by atoms with E-state index in [1.54, 1.807) is 16.7 Å². The number of rotatable bonds is 7. The fourth-order valence-corrected chi connectivity index (χ4v) is 2.98. The number of amides is 1. The summed E-state index contributed by atoms with van der Waals surface area (Å²) < 4.78 is 0. The normalized spacial score (nSPS) is 11.0. The zero-order chi connectivity index (χ0) is 16.0. The third-order valence-corrected chi connectivity index (χ3v) is 4.70. The van der Waals surface area contributed by atoms with E-state index in [1.165, 1.54) is 16.0 Å². The van der Waals surface area contributed by atoms with Gasteiger partial charge in [0.1, 0.15) is 0 Å². The molecule has 22 heavy (non-hydrogen) atoms. The number of thioether (sulfide) groups is 1. The lowest BCUT2D eigenvalue weighted by atomic mass is 9.93. The van der Waals surface area contributed by atoms with Crippen LogP contribution in [0.15, 0.2) is 23.1 Å². The number of carbonyl (C=O) groups is 1. The molecule has 0 saturated carbocycles. The molecule has 0 heterocycles. The fraction of sp³-hybridized carbons (Fsp3) is 0.588. The van der Waals surface area contributed by atoms with Crippen LogP contribution >= 0.6 is 24.2 Å². The van der Waals surface area contributed by atoms with E-state index in [1.807, 2.05) is 7.05 Å². The Balaban J connectivity index is 0.00000441. The van der Waals surface area contributed by atoms with E-state index in [-0.39, 0.29) is 23.7 Å². The summed E-state index contributed by atoms with van der Waals surface area (Å²) in [7, 11) is 1.86. The number of aryl methyl sites for hydroxylation is 2. The number of benzene rings is 1. The highest BCUT2D eigenvalue weighted by atomic mass is 35.5. The van der Waals surface area contributed by atoms with Gasteiger partial charge < -0.3 is 10.6 Å². The lowest BCUT2D eigenvalue weighted by Crippen LogP contribution is -2.39. The molecule has 0 aliphatic heterocycles. The molecule has 1 aromatic carbocycles. The highest BCUT2D eigenvalue weighted by Gasteiger charge is 2.20. The van der Waals surface area contributed by atoms with Gasteiger partial charge in [0.25, 0.3) is 0 Å². The van der Waals surface area contributed by atoms with Gasteiger partial charge in [-0.25, -0.2) is 0 Å². The van der Waals surface area contributed by atoms with Crippen LogP contribution in [-0.4, -0.2) is 36.7 Å². The molecule has 0 atom stereocenters. The molecule has 2 N–H and O–H groups in total. The van der Waals surface area contributed by atoms with Crippen LogP contribution in [0, 0.1) is 19.3 Å². The van der Waals surface area contributed by atoms with Crippen molar-refractivity contribution in [2.24, 2.45) is 11.1 Å². The first-order valence-corrected chi connectivity index (χ1v) is 8.38. The Morgan fingerprint density at radius 3 is 2.45 bits per heavy atom. The molecule has 0 aliphatic rings. The van der Waals surface area contributed by atoms with Crippen LogP contribution in [0.5, 0.6) is 0 Å². The Hall–Kier alpha value is -0.710. The number of nitrogens with zero attached hydrogens (tertiary/aromatic N) is 1. The molecule has 0 bridgehead atoms.